The monoisotopic (exact) mass is 479 g/mol. The van der Waals surface area contributed by atoms with Crippen LogP contribution in [0.2, 0.25) is 0 Å². The Hall–Kier alpha value is -3.10. The molecule has 1 aliphatic rings. The Labute approximate surface area is 203 Å². The summed E-state index contributed by atoms with van der Waals surface area (Å²) in [5.41, 5.74) is 1.62. The summed E-state index contributed by atoms with van der Waals surface area (Å²) in [5.74, 6) is -0.567. The lowest BCUT2D eigenvalue weighted by molar-refractivity contribution is 0.0951. The lowest BCUT2D eigenvalue weighted by Crippen LogP contribution is -2.33. The van der Waals surface area contributed by atoms with Gasteiger partial charge in [-0.1, -0.05) is 12.5 Å². The molecule has 3 aromatic rings. The maximum atomic E-state index is 14.3. The fraction of sp³-hybridized carbons (Fsp3) is 0.346. The number of carbonyl (C=O) groups is 1. The Kier molecular flexibility index (Phi) is 8.76. The average molecular weight is 480 g/mol. The van der Waals surface area contributed by atoms with E-state index in [0.29, 0.717) is 24.3 Å². The number of piperidine rings is 1. The SMILES string of the molecule is O=C(NCCCN1CCCCC1)c1ccc(F)c(NCc2cnc(/C=C/c3ccccn3)s2)c1. The van der Waals surface area contributed by atoms with Crippen molar-refractivity contribution in [3.63, 3.8) is 0 Å². The van der Waals surface area contributed by atoms with Crippen LogP contribution in [0.3, 0.4) is 0 Å². The van der Waals surface area contributed by atoms with E-state index in [1.807, 2.05) is 30.4 Å². The summed E-state index contributed by atoms with van der Waals surface area (Å²) in [6, 6.07) is 10.2. The molecule has 0 unspecified atom stereocenters. The molecule has 0 bridgehead atoms. The van der Waals surface area contributed by atoms with Gasteiger partial charge in [0, 0.05) is 29.4 Å². The minimum Gasteiger partial charge on any atom is -0.378 e. The van der Waals surface area contributed by atoms with Crippen LogP contribution < -0.4 is 10.6 Å². The van der Waals surface area contributed by atoms with Crippen molar-refractivity contribution in [1.29, 1.82) is 0 Å². The molecule has 1 saturated heterocycles. The zero-order valence-corrected chi connectivity index (χ0v) is 20.0. The first-order valence-corrected chi connectivity index (χ1v) is 12.6. The summed E-state index contributed by atoms with van der Waals surface area (Å²) in [6.07, 6.45) is 12.1. The zero-order valence-electron chi connectivity index (χ0n) is 19.2. The molecular weight excluding hydrogens is 449 g/mol. The van der Waals surface area contributed by atoms with Gasteiger partial charge in [-0.2, -0.15) is 0 Å². The van der Waals surface area contributed by atoms with Crippen molar-refractivity contribution < 1.29 is 9.18 Å². The molecule has 1 aliphatic heterocycles. The van der Waals surface area contributed by atoms with E-state index in [-0.39, 0.29) is 11.7 Å². The van der Waals surface area contributed by atoms with E-state index >= 15 is 0 Å². The van der Waals surface area contributed by atoms with Crippen molar-refractivity contribution >= 4 is 35.1 Å². The number of benzene rings is 1. The minimum atomic E-state index is -0.388. The number of amides is 1. The number of likely N-dealkylation sites (tertiary alicyclic amines) is 1. The van der Waals surface area contributed by atoms with Crippen LogP contribution in [0.25, 0.3) is 12.2 Å². The highest BCUT2D eigenvalue weighted by Gasteiger charge is 2.12. The van der Waals surface area contributed by atoms with Gasteiger partial charge in [-0.15, -0.1) is 11.3 Å². The number of aromatic nitrogens is 2. The molecule has 0 aliphatic carbocycles. The third kappa shape index (κ3) is 7.20. The Morgan fingerprint density at radius 1 is 1.12 bits per heavy atom. The lowest BCUT2D eigenvalue weighted by Gasteiger charge is -2.26. The second kappa shape index (κ2) is 12.4. The van der Waals surface area contributed by atoms with Gasteiger partial charge in [0.25, 0.3) is 5.91 Å². The zero-order chi connectivity index (χ0) is 23.6. The summed E-state index contributed by atoms with van der Waals surface area (Å²) in [4.78, 5) is 24.6. The molecular formula is C26H30FN5OS. The second-order valence-electron chi connectivity index (χ2n) is 8.31. The Balaban J connectivity index is 1.26. The van der Waals surface area contributed by atoms with E-state index in [4.69, 9.17) is 0 Å². The van der Waals surface area contributed by atoms with Crippen LogP contribution in [0.1, 0.15) is 51.6 Å². The number of halogens is 1. The Morgan fingerprint density at radius 3 is 2.82 bits per heavy atom. The number of anilines is 1. The third-order valence-corrected chi connectivity index (χ3v) is 6.69. The fourth-order valence-electron chi connectivity index (χ4n) is 3.89. The third-order valence-electron chi connectivity index (χ3n) is 5.72. The number of pyridine rings is 1. The van der Waals surface area contributed by atoms with Gasteiger partial charge in [-0.25, -0.2) is 9.37 Å². The summed E-state index contributed by atoms with van der Waals surface area (Å²) < 4.78 is 14.3. The van der Waals surface area contributed by atoms with Gasteiger partial charge < -0.3 is 15.5 Å². The normalized spacial score (nSPS) is 14.4. The maximum absolute atomic E-state index is 14.3. The predicted octanol–water partition coefficient (Wildman–Crippen LogP) is 5.07. The standard InChI is InChI=1S/C26H30FN5OS/c27-23-10-8-20(26(33)29-13-6-16-32-14-4-1-5-15-32)17-24(23)30-18-22-19-31-25(34-22)11-9-21-7-2-3-12-28-21/h2-3,7-12,17,19,30H,1,4-6,13-16,18H2,(H,29,33)/b11-9+. The van der Waals surface area contributed by atoms with Gasteiger partial charge in [0.2, 0.25) is 0 Å². The van der Waals surface area contributed by atoms with Gasteiger partial charge in [-0.3, -0.25) is 9.78 Å². The van der Waals surface area contributed by atoms with Crippen LogP contribution in [0, 0.1) is 5.82 Å². The molecule has 1 fully saturated rings. The first-order chi connectivity index (χ1) is 16.7. The van der Waals surface area contributed by atoms with E-state index in [9.17, 15) is 9.18 Å². The van der Waals surface area contributed by atoms with E-state index in [0.717, 1.165) is 41.6 Å². The van der Waals surface area contributed by atoms with Gasteiger partial charge in [-0.05, 0) is 81.4 Å². The van der Waals surface area contributed by atoms with Crippen LogP contribution in [0.5, 0.6) is 0 Å². The molecule has 3 heterocycles. The van der Waals surface area contributed by atoms with E-state index in [1.165, 1.54) is 42.7 Å². The number of carbonyl (C=O) groups excluding carboxylic acids is 1. The van der Waals surface area contributed by atoms with Crippen molar-refractivity contribution in [2.75, 3.05) is 31.5 Å². The first kappa shape index (κ1) is 24.0. The summed E-state index contributed by atoms with van der Waals surface area (Å²) in [6.45, 7) is 4.36. The number of hydrogen-bond acceptors (Lipinski definition) is 6. The van der Waals surface area contributed by atoms with Gasteiger partial charge in [0.1, 0.15) is 10.8 Å². The molecule has 0 radical (unpaired) electrons. The fourth-order valence-corrected chi connectivity index (χ4v) is 4.65. The highest BCUT2D eigenvalue weighted by molar-refractivity contribution is 7.12. The van der Waals surface area contributed by atoms with Gasteiger partial charge in [0.15, 0.2) is 0 Å². The molecule has 2 N–H and O–H groups in total. The van der Waals surface area contributed by atoms with Crippen LogP contribution in [-0.2, 0) is 6.54 Å². The van der Waals surface area contributed by atoms with Crippen LogP contribution in [0.4, 0.5) is 10.1 Å². The van der Waals surface area contributed by atoms with E-state index in [2.05, 4.69) is 25.5 Å². The molecule has 1 amide bonds. The molecule has 0 saturated carbocycles. The molecule has 6 nitrogen and oxygen atoms in total. The summed E-state index contributed by atoms with van der Waals surface area (Å²) >= 11 is 1.52. The molecule has 0 atom stereocenters. The number of nitrogens with zero attached hydrogens (tertiary/aromatic N) is 3. The van der Waals surface area contributed by atoms with E-state index in [1.54, 1.807) is 18.5 Å². The molecule has 1 aromatic carbocycles. The molecule has 2 aromatic heterocycles. The number of thiazole rings is 1. The van der Waals surface area contributed by atoms with Gasteiger partial charge >= 0.3 is 0 Å². The van der Waals surface area contributed by atoms with Crippen LogP contribution in [-0.4, -0.2) is 47.0 Å². The van der Waals surface area contributed by atoms with Crippen molar-refractivity contribution in [2.45, 2.75) is 32.2 Å². The highest BCUT2D eigenvalue weighted by atomic mass is 32.1. The summed E-state index contributed by atoms with van der Waals surface area (Å²) in [5, 5.41) is 6.90. The number of rotatable bonds is 10. The molecule has 178 valence electrons. The smallest absolute Gasteiger partial charge is 0.251 e. The maximum Gasteiger partial charge on any atom is 0.251 e. The van der Waals surface area contributed by atoms with Crippen LogP contribution >= 0.6 is 11.3 Å². The largest absolute Gasteiger partial charge is 0.378 e. The Bertz CT molecular complexity index is 1100. The van der Waals surface area contributed by atoms with E-state index < -0.39 is 0 Å². The Morgan fingerprint density at radius 2 is 2.00 bits per heavy atom. The van der Waals surface area contributed by atoms with Crippen molar-refractivity contribution in [1.82, 2.24) is 20.2 Å². The minimum absolute atomic E-state index is 0.179. The molecule has 34 heavy (non-hydrogen) atoms. The van der Waals surface area contributed by atoms with Crippen molar-refractivity contribution in [3.05, 3.63) is 75.8 Å². The topological polar surface area (TPSA) is 70.2 Å². The van der Waals surface area contributed by atoms with Crippen LogP contribution in [0.15, 0.2) is 48.8 Å². The lowest BCUT2D eigenvalue weighted by atomic mass is 10.1. The quantitative estimate of drug-likeness (QED) is 0.398. The second-order valence-corrected chi connectivity index (χ2v) is 9.46. The summed E-state index contributed by atoms with van der Waals surface area (Å²) in [7, 11) is 0. The number of nitrogens with one attached hydrogen (secondary N) is 2. The van der Waals surface area contributed by atoms with Crippen molar-refractivity contribution in [3.8, 4) is 0 Å². The highest BCUT2D eigenvalue weighted by Crippen LogP contribution is 2.20. The first-order valence-electron chi connectivity index (χ1n) is 11.8. The average Bonchev–Trinajstić information content (AvgIpc) is 3.34. The number of hydrogen-bond donors (Lipinski definition) is 2. The van der Waals surface area contributed by atoms with Crippen molar-refractivity contribution in [2.24, 2.45) is 0 Å². The molecule has 4 rings (SSSR count). The predicted molar refractivity (Wildman–Crippen MR) is 136 cm³/mol. The molecule has 8 heteroatoms. The van der Waals surface area contributed by atoms with Gasteiger partial charge in [0.05, 0.1) is 17.9 Å². The molecule has 0 spiro atoms.